The number of hydrogen-bond donors (Lipinski definition) is 2. The van der Waals surface area contributed by atoms with Crippen LogP contribution in [0.15, 0.2) is 18.2 Å². The molecule has 0 radical (unpaired) electrons. The van der Waals surface area contributed by atoms with Gasteiger partial charge in [-0.25, -0.2) is 0 Å². The van der Waals surface area contributed by atoms with Gasteiger partial charge in [0.15, 0.2) is 0 Å². The molecule has 0 heterocycles. The summed E-state index contributed by atoms with van der Waals surface area (Å²) in [5, 5.41) is 21.2. The Hall–Kier alpha value is -1.09. The molecule has 0 aliphatic carbocycles. The number of carbonyl (C=O) groups is 1. The summed E-state index contributed by atoms with van der Waals surface area (Å²) in [6.45, 7) is 1.38. The van der Waals surface area contributed by atoms with Crippen LogP contribution in [0.3, 0.4) is 0 Å². The number of amides is 1. The predicted octanol–water partition coefficient (Wildman–Crippen LogP) is 2.30. The van der Waals surface area contributed by atoms with Gasteiger partial charge in [0.05, 0.1) is 22.3 Å². The van der Waals surface area contributed by atoms with E-state index in [-0.39, 0.29) is 10.4 Å². The standard InChI is InChI=1S/C11H10BrClN2O2/c1-11(17,6-12)10(16)15-9-3-2-7(5-14)4-8(9)13/h2-4,17H,6H2,1H3,(H,15,16)/t11-/m0/s1. The van der Waals surface area contributed by atoms with Crippen LogP contribution in [0.2, 0.25) is 5.02 Å². The molecule has 0 aromatic heterocycles. The third-order valence-electron chi connectivity index (χ3n) is 2.10. The van der Waals surface area contributed by atoms with Crippen LogP contribution >= 0.6 is 27.5 Å². The van der Waals surface area contributed by atoms with Gasteiger partial charge < -0.3 is 10.4 Å². The van der Waals surface area contributed by atoms with Crippen LogP contribution in [0.25, 0.3) is 0 Å². The van der Waals surface area contributed by atoms with Crippen molar-refractivity contribution in [2.45, 2.75) is 12.5 Å². The van der Waals surface area contributed by atoms with Crippen molar-refractivity contribution >= 4 is 39.1 Å². The smallest absolute Gasteiger partial charge is 0.256 e. The van der Waals surface area contributed by atoms with Crippen LogP contribution in [-0.4, -0.2) is 21.9 Å². The minimum Gasteiger partial charge on any atom is -0.379 e. The molecule has 17 heavy (non-hydrogen) atoms. The summed E-state index contributed by atoms with van der Waals surface area (Å²) >= 11 is 8.93. The van der Waals surface area contributed by atoms with E-state index in [0.717, 1.165) is 0 Å². The fourth-order valence-corrected chi connectivity index (χ4v) is 1.49. The summed E-state index contributed by atoms with van der Waals surface area (Å²) < 4.78 is 0. The van der Waals surface area contributed by atoms with Crippen molar-refractivity contribution in [1.82, 2.24) is 0 Å². The number of rotatable bonds is 3. The van der Waals surface area contributed by atoms with Gasteiger partial charge in [-0.1, -0.05) is 27.5 Å². The van der Waals surface area contributed by atoms with Gasteiger partial charge in [-0.2, -0.15) is 5.26 Å². The van der Waals surface area contributed by atoms with Gasteiger partial charge >= 0.3 is 0 Å². The maximum absolute atomic E-state index is 11.7. The lowest BCUT2D eigenvalue weighted by Crippen LogP contribution is -2.41. The second-order valence-electron chi connectivity index (χ2n) is 3.67. The van der Waals surface area contributed by atoms with Crippen molar-refractivity contribution in [1.29, 1.82) is 5.26 Å². The molecule has 1 rings (SSSR count). The first-order valence-electron chi connectivity index (χ1n) is 4.70. The van der Waals surface area contributed by atoms with E-state index in [9.17, 15) is 9.90 Å². The zero-order valence-electron chi connectivity index (χ0n) is 9.00. The van der Waals surface area contributed by atoms with Crippen molar-refractivity contribution in [2.75, 3.05) is 10.6 Å². The number of nitrogens with zero attached hydrogens (tertiary/aromatic N) is 1. The Balaban J connectivity index is 2.91. The van der Waals surface area contributed by atoms with Gasteiger partial charge in [-0.05, 0) is 25.1 Å². The molecule has 90 valence electrons. The minimum absolute atomic E-state index is 0.111. The lowest BCUT2D eigenvalue weighted by molar-refractivity contribution is -0.130. The first-order chi connectivity index (χ1) is 7.90. The molecule has 6 heteroatoms. The summed E-state index contributed by atoms with van der Waals surface area (Å²) in [6, 6.07) is 6.43. The second-order valence-corrected chi connectivity index (χ2v) is 4.64. The van der Waals surface area contributed by atoms with E-state index in [1.54, 1.807) is 0 Å². The summed E-state index contributed by atoms with van der Waals surface area (Å²) in [4.78, 5) is 11.7. The quantitative estimate of drug-likeness (QED) is 0.840. The van der Waals surface area contributed by atoms with Crippen molar-refractivity contribution in [3.8, 4) is 6.07 Å². The Morgan fingerprint density at radius 3 is 2.82 bits per heavy atom. The highest BCUT2D eigenvalue weighted by atomic mass is 79.9. The predicted molar refractivity (Wildman–Crippen MR) is 69.2 cm³/mol. The zero-order chi connectivity index (χ0) is 13.1. The number of benzene rings is 1. The average molecular weight is 318 g/mol. The molecule has 0 saturated heterocycles. The van der Waals surface area contributed by atoms with E-state index in [4.69, 9.17) is 16.9 Å². The van der Waals surface area contributed by atoms with Gasteiger partial charge in [-0.3, -0.25) is 4.79 Å². The monoisotopic (exact) mass is 316 g/mol. The number of halogens is 2. The number of nitrogens with one attached hydrogen (secondary N) is 1. The molecule has 2 N–H and O–H groups in total. The van der Waals surface area contributed by atoms with Crippen molar-refractivity contribution in [3.05, 3.63) is 28.8 Å². The number of aliphatic hydroxyl groups is 1. The summed E-state index contributed by atoms with van der Waals surface area (Å²) in [5.74, 6) is -0.569. The molecule has 1 amide bonds. The summed E-state index contributed by atoms with van der Waals surface area (Å²) in [7, 11) is 0. The second kappa shape index (κ2) is 5.50. The topological polar surface area (TPSA) is 73.1 Å². The first kappa shape index (κ1) is 14.0. The van der Waals surface area contributed by atoms with E-state index in [1.807, 2.05) is 6.07 Å². The zero-order valence-corrected chi connectivity index (χ0v) is 11.3. The number of anilines is 1. The maximum atomic E-state index is 11.7. The van der Waals surface area contributed by atoms with Gasteiger partial charge in [0.25, 0.3) is 5.91 Å². The van der Waals surface area contributed by atoms with Gasteiger partial charge in [0, 0.05) is 5.33 Å². The van der Waals surface area contributed by atoms with Crippen LogP contribution in [0, 0.1) is 11.3 Å². The van der Waals surface area contributed by atoms with Crippen LogP contribution in [0.5, 0.6) is 0 Å². The number of carbonyl (C=O) groups excluding carboxylic acids is 1. The third-order valence-corrected chi connectivity index (χ3v) is 3.50. The van der Waals surface area contributed by atoms with Crippen molar-refractivity contribution < 1.29 is 9.90 Å². The average Bonchev–Trinajstić information content (AvgIpc) is 2.31. The molecule has 0 aliphatic heterocycles. The van der Waals surface area contributed by atoms with E-state index < -0.39 is 11.5 Å². The van der Waals surface area contributed by atoms with Crippen LogP contribution in [-0.2, 0) is 4.79 Å². The first-order valence-corrected chi connectivity index (χ1v) is 6.20. The van der Waals surface area contributed by atoms with Gasteiger partial charge in [0.2, 0.25) is 0 Å². The van der Waals surface area contributed by atoms with E-state index in [1.165, 1.54) is 25.1 Å². The van der Waals surface area contributed by atoms with E-state index >= 15 is 0 Å². The molecule has 0 bridgehead atoms. The lowest BCUT2D eigenvalue weighted by atomic mass is 10.1. The number of hydrogen-bond acceptors (Lipinski definition) is 3. The summed E-state index contributed by atoms with van der Waals surface area (Å²) in [5.41, 5.74) is -0.755. The van der Waals surface area contributed by atoms with Crippen molar-refractivity contribution in [3.63, 3.8) is 0 Å². The SMILES string of the molecule is C[C@](O)(CBr)C(=O)Nc1ccc(C#N)cc1Cl. The van der Waals surface area contributed by atoms with E-state index in [2.05, 4.69) is 21.2 Å². The molecule has 1 aromatic carbocycles. The van der Waals surface area contributed by atoms with Crippen LogP contribution in [0.4, 0.5) is 5.69 Å². The molecule has 0 saturated carbocycles. The third kappa shape index (κ3) is 3.43. The molecule has 4 nitrogen and oxygen atoms in total. The normalized spacial score (nSPS) is 13.6. The van der Waals surface area contributed by atoms with Crippen molar-refractivity contribution in [2.24, 2.45) is 0 Å². The molecular formula is C11H10BrClN2O2. The highest BCUT2D eigenvalue weighted by Gasteiger charge is 2.29. The molecular weight excluding hydrogens is 307 g/mol. The molecule has 1 aromatic rings. The van der Waals surface area contributed by atoms with Gasteiger partial charge in [-0.15, -0.1) is 0 Å². The molecule has 0 spiro atoms. The largest absolute Gasteiger partial charge is 0.379 e. The van der Waals surface area contributed by atoms with Gasteiger partial charge in [0.1, 0.15) is 5.60 Å². The Bertz CT molecular complexity index is 483. The van der Waals surface area contributed by atoms with E-state index in [0.29, 0.717) is 11.3 Å². The Labute approximate surface area is 112 Å². The number of nitriles is 1. The Morgan fingerprint density at radius 2 is 2.35 bits per heavy atom. The minimum atomic E-state index is -1.52. The highest BCUT2D eigenvalue weighted by molar-refractivity contribution is 9.09. The van der Waals surface area contributed by atoms with Crippen LogP contribution in [0.1, 0.15) is 12.5 Å². The fourth-order valence-electron chi connectivity index (χ4n) is 1.00. The summed E-state index contributed by atoms with van der Waals surface area (Å²) in [6.07, 6.45) is 0. The number of alkyl halides is 1. The molecule has 1 atom stereocenters. The fraction of sp³-hybridized carbons (Fsp3) is 0.273. The van der Waals surface area contributed by atoms with Crippen LogP contribution < -0.4 is 5.32 Å². The Morgan fingerprint density at radius 1 is 1.71 bits per heavy atom. The highest BCUT2D eigenvalue weighted by Crippen LogP contribution is 2.24. The molecule has 0 unspecified atom stereocenters. The molecule has 0 aliphatic rings. The molecule has 0 fully saturated rings. The Kier molecular flexibility index (Phi) is 4.52. The maximum Gasteiger partial charge on any atom is 0.256 e. The lowest BCUT2D eigenvalue weighted by Gasteiger charge is -2.19.